The molecular formula is C13H20O4. The highest BCUT2D eigenvalue weighted by molar-refractivity contribution is 5.71. The van der Waals surface area contributed by atoms with Crippen LogP contribution in [0.4, 0.5) is 0 Å². The zero-order chi connectivity index (χ0) is 13.7. The molecular weight excluding hydrogens is 220 g/mol. The first-order valence-corrected chi connectivity index (χ1v) is 5.25. The molecule has 0 heterocycles. The van der Waals surface area contributed by atoms with Crippen molar-refractivity contribution in [2.75, 3.05) is 6.61 Å². The molecule has 0 saturated carbocycles. The second kappa shape index (κ2) is 12.2. The summed E-state index contributed by atoms with van der Waals surface area (Å²) in [4.78, 5) is 21.2. The van der Waals surface area contributed by atoms with E-state index in [-0.39, 0.29) is 25.4 Å². The number of ether oxygens (including phenoxy) is 1. The molecule has 96 valence electrons. The second-order valence-electron chi connectivity index (χ2n) is 2.98. The molecule has 0 aliphatic carbocycles. The van der Waals surface area contributed by atoms with Crippen LogP contribution in [0, 0.1) is 0 Å². The summed E-state index contributed by atoms with van der Waals surface area (Å²) in [6, 6.07) is 0. The first-order valence-electron chi connectivity index (χ1n) is 5.25. The van der Waals surface area contributed by atoms with E-state index in [9.17, 15) is 9.59 Å². The van der Waals surface area contributed by atoms with Crippen molar-refractivity contribution >= 4 is 11.9 Å². The van der Waals surface area contributed by atoms with Gasteiger partial charge in [-0.3, -0.25) is 9.59 Å². The number of aliphatic carboxylic acids is 1. The molecule has 0 aliphatic rings. The highest BCUT2D eigenvalue weighted by Crippen LogP contribution is 2.01. The zero-order valence-corrected chi connectivity index (χ0v) is 10.3. The van der Waals surface area contributed by atoms with Crippen molar-refractivity contribution in [1.82, 2.24) is 0 Å². The molecule has 0 spiro atoms. The second-order valence-corrected chi connectivity index (χ2v) is 2.98. The average molecular weight is 240 g/mol. The third kappa shape index (κ3) is 12.1. The Bertz CT molecular complexity index is 279. The molecule has 0 aliphatic heterocycles. The smallest absolute Gasteiger partial charge is 0.306 e. The van der Waals surface area contributed by atoms with Gasteiger partial charge in [-0.2, -0.15) is 0 Å². The number of carbonyl (C=O) groups is 2. The number of carbonyl (C=O) groups excluding carboxylic acids is 1. The third-order valence-corrected chi connectivity index (χ3v) is 1.80. The SMILES string of the molecule is C=C.C=C/C(=C\C)COC(=O)CCCC(=O)O. The van der Waals surface area contributed by atoms with Crippen LogP contribution in [-0.2, 0) is 14.3 Å². The number of allylic oxidation sites excluding steroid dienone is 1. The fraction of sp³-hybridized carbons (Fsp3) is 0.385. The fourth-order valence-electron chi connectivity index (χ4n) is 0.880. The van der Waals surface area contributed by atoms with Crippen LogP contribution < -0.4 is 0 Å². The van der Waals surface area contributed by atoms with Gasteiger partial charge in [-0.25, -0.2) is 0 Å². The van der Waals surface area contributed by atoms with Crippen LogP contribution in [-0.4, -0.2) is 23.7 Å². The lowest BCUT2D eigenvalue weighted by molar-refractivity contribution is -0.143. The summed E-state index contributed by atoms with van der Waals surface area (Å²) in [6.07, 6.45) is 3.86. The maximum atomic E-state index is 11.1. The third-order valence-electron chi connectivity index (χ3n) is 1.80. The Morgan fingerprint density at radius 1 is 1.29 bits per heavy atom. The summed E-state index contributed by atoms with van der Waals surface area (Å²) in [5.41, 5.74) is 0.835. The molecule has 0 unspecified atom stereocenters. The Kier molecular flexibility index (Phi) is 12.6. The summed E-state index contributed by atoms with van der Waals surface area (Å²) in [7, 11) is 0. The number of carboxylic acids is 1. The average Bonchev–Trinajstić information content (AvgIpc) is 2.32. The predicted octanol–water partition coefficient (Wildman–Crippen LogP) is 2.72. The minimum absolute atomic E-state index is 0.00691. The lowest BCUT2D eigenvalue weighted by Gasteiger charge is -2.04. The topological polar surface area (TPSA) is 63.6 Å². The van der Waals surface area contributed by atoms with Gasteiger partial charge in [-0.05, 0) is 18.9 Å². The summed E-state index contributed by atoms with van der Waals surface area (Å²) in [5, 5.41) is 8.35. The van der Waals surface area contributed by atoms with Gasteiger partial charge in [0.25, 0.3) is 0 Å². The Balaban J connectivity index is 0. The monoisotopic (exact) mass is 240 g/mol. The summed E-state index contributed by atoms with van der Waals surface area (Å²) >= 11 is 0. The molecule has 0 aromatic carbocycles. The summed E-state index contributed by atoms with van der Waals surface area (Å²) in [5.74, 6) is -1.28. The van der Waals surface area contributed by atoms with Gasteiger partial charge in [0.05, 0.1) is 0 Å². The Morgan fingerprint density at radius 2 is 1.88 bits per heavy atom. The van der Waals surface area contributed by atoms with Crippen molar-refractivity contribution < 1.29 is 19.4 Å². The van der Waals surface area contributed by atoms with Crippen LogP contribution in [0.25, 0.3) is 0 Å². The van der Waals surface area contributed by atoms with Crippen LogP contribution in [0.15, 0.2) is 37.5 Å². The van der Waals surface area contributed by atoms with E-state index in [0.29, 0.717) is 6.42 Å². The van der Waals surface area contributed by atoms with Crippen molar-refractivity contribution in [3.8, 4) is 0 Å². The molecule has 0 aromatic heterocycles. The van der Waals surface area contributed by atoms with Crippen molar-refractivity contribution in [1.29, 1.82) is 0 Å². The van der Waals surface area contributed by atoms with Gasteiger partial charge in [0, 0.05) is 12.8 Å². The largest absolute Gasteiger partial charge is 0.481 e. The number of hydrogen-bond donors (Lipinski definition) is 1. The van der Waals surface area contributed by atoms with E-state index in [1.165, 1.54) is 0 Å². The molecule has 0 amide bonds. The van der Waals surface area contributed by atoms with Gasteiger partial charge in [0.15, 0.2) is 0 Å². The van der Waals surface area contributed by atoms with E-state index in [4.69, 9.17) is 9.84 Å². The van der Waals surface area contributed by atoms with E-state index in [0.717, 1.165) is 5.57 Å². The molecule has 4 heteroatoms. The van der Waals surface area contributed by atoms with Crippen LogP contribution in [0.1, 0.15) is 26.2 Å². The molecule has 0 radical (unpaired) electrons. The Hall–Kier alpha value is -1.84. The lowest BCUT2D eigenvalue weighted by Crippen LogP contribution is -2.07. The zero-order valence-electron chi connectivity index (χ0n) is 10.3. The molecule has 0 atom stereocenters. The standard InChI is InChI=1S/C11H16O4.C2H4/c1-3-9(4-2)8-15-11(14)7-5-6-10(12)13;1-2/h3-4H,1,5-8H2,2H3,(H,12,13);1-2H2/b9-4+;. The van der Waals surface area contributed by atoms with Gasteiger partial charge in [0.1, 0.15) is 6.61 Å². The molecule has 0 saturated heterocycles. The van der Waals surface area contributed by atoms with E-state index < -0.39 is 5.97 Å². The summed E-state index contributed by atoms with van der Waals surface area (Å²) in [6.45, 7) is 11.6. The van der Waals surface area contributed by atoms with E-state index in [2.05, 4.69) is 19.7 Å². The first kappa shape index (κ1) is 17.6. The van der Waals surface area contributed by atoms with E-state index in [1.807, 2.05) is 6.92 Å². The van der Waals surface area contributed by atoms with Crippen molar-refractivity contribution in [2.24, 2.45) is 0 Å². The molecule has 17 heavy (non-hydrogen) atoms. The van der Waals surface area contributed by atoms with Crippen LogP contribution >= 0.6 is 0 Å². The van der Waals surface area contributed by atoms with Gasteiger partial charge in [0.2, 0.25) is 0 Å². The van der Waals surface area contributed by atoms with Gasteiger partial charge >= 0.3 is 11.9 Å². The van der Waals surface area contributed by atoms with Crippen LogP contribution in [0.2, 0.25) is 0 Å². The molecule has 0 fully saturated rings. The fourth-order valence-corrected chi connectivity index (χ4v) is 0.880. The maximum Gasteiger partial charge on any atom is 0.306 e. The van der Waals surface area contributed by atoms with E-state index in [1.54, 1.807) is 12.2 Å². The molecule has 0 rings (SSSR count). The summed E-state index contributed by atoms with van der Waals surface area (Å²) < 4.78 is 4.90. The van der Waals surface area contributed by atoms with E-state index >= 15 is 0 Å². The molecule has 1 N–H and O–H groups in total. The first-order chi connectivity index (χ1) is 8.10. The molecule has 4 nitrogen and oxygen atoms in total. The van der Waals surface area contributed by atoms with Crippen LogP contribution in [0.3, 0.4) is 0 Å². The Morgan fingerprint density at radius 3 is 2.29 bits per heavy atom. The van der Waals surface area contributed by atoms with Gasteiger partial charge in [-0.15, -0.1) is 13.2 Å². The quantitative estimate of drug-likeness (QED) is 0.422. The number of esters is 1. The van der Waals surface area contributed by atoms with Crippen LogP contribution in [0.5, 0.6) is 0 Å². The predicted molar refractivity (Wildman–Crippen MR) is 67.7 cm³/mol. The number of hydrogen-bond acceptors (Lipinski definition) is 3. The molecule has 0 bridgehead atoms. The number of rotatable bonds is 7. The lowest BCUT2D eigenvalue weighted by atomic mass is 10.2. The van der Waals surface area contributed by atoms with Crippen molar-refractivity contribution in [3.63, 3.8) is 0 Å². The van der Waals surface area contributed by atoms with Crippen molar-refractivity contribution in [3.05, 3.63) is 37.5 Å². The van der Waals surface area contributed by atoms with Gasteiger partial charge < -0.3 is 9.84 Å². The highest BCUT2D eigenvalue weighted by atomic mass is 16.5. The molecule has 0 aromatic rings. The minimum atomic E-state index is -0.900. The maximum absolute atomic E-state index is 11.1. The minimum Gasteiger partial charge on any atom is -0.481 e. The highest BCUT2D eigenvalue weighted by Gasteiger charge is 2.05. The number of carboxylic acid groups (broad SMARTS) is 1. The van der Waals surface area contributed by atoms with Crippen molar-refractivity contribution in [2.45, 2.75) is 26.2 Å². The normalized spacial score (nSPS) is 9.82. The van der Waals surface area contributed by atoms with Gasteiger partial charge in [-0.1, -0.05) is 18.7 Å². The Labute approximate surface area is 102 Å².